The second kappa shape index (κ2) is 8.24. The van der Waals surface area contributed by atoms with Crippen molar-refractivity contribution >= 4 is 5.82 Å². The molecule has 0 atom stereocenters. The van der Waals surface area contributed by atoms with Crippen LogP contribution in [0.4, 0.5) is 5.82 Å². The molecule has 140 valence electrons. The summed E-state index contributed by atoms with van der Waals surface area (Å²) in [7, 11) is 0. The first-order valence-electron chi connectivity index (χ1n) is 9.15. The van der Waals surface area contributed by atoms with E-state index in [2.05, 4.69) is 16.0 Å². The molecular weight excluding hydrogens is 360 g/mol. The van der Waals surface area contributed by atoms with Gasteiger partial charge in [-0.2, -0.15) is 5.26 Å². The average Bonchev–Trinajstić information content (AvgIpc) is 2.79. The van der Waals surface area contributed by atoms with Gasteiger partial charge in [0.15, 0.2) is 5.82 Å². The third-order valence-corrected chi connectivity index (χ3v) is 4.46. The third-order valence-electron chi connectivity index (χ3n) is 4.46. The van der Waals surface area contributed by atoms with Crippen molar-refractivity contribution in [3.8, 4) is 34.5 Å². The predicted octanol–water partition coefficient (Wildman–Crippen LogP) is 4.84. The monoisotopic (exact) mass is 378 g/mol. The lowest BCUT2D eigenvalue weighted by atomic mass is 10.1. The lowest BCUT2D eigenvalue weighted by Crippen LogP contribution is -2.03. The van der Waals surface area contributed by atoms with Crippen LogP contribution in [0.25, 0.3) is 22.6 Å². The van der Waals surface area contributed by atoms with Gasteiger partial charge in [-0.3, -0.25) is 0 Å². The van der Waals surface area contributed by atoms with Crippen LogP contribution in [0.15, 0.2) is 84.9 Å². The van der Waals surface area contributed by atoms with Gasteiger partial charge < -0.3 is 10.5 Å². The SMILES string of the molecule is N#Cc1c(N)nc(-c2ccccc2)nc1-c1ccc(OCc2ccccc2)cc1. The largest absolute Gasteiger partial charge is 0.489 e. The van der Waals surface area contributed by atoms with Crippen LogP contribution in [0.1, 0.15) is 11.1 Å². The van der Waals surface area contributed by atoms with Gasteiger partial charge in [-0.05, 0) is 29.8 Å². The van der Waals surface area contributed by atoms with Crippen LogP contribution in [-0.4, -0.2) is 9.97 Å². The molecule has 0 aliphatic rings. The van der Waals surface area contributed by atoms with Crippen molar-refractivity contribution in [3.05, 3.63) is 96.1 Å². The Kier molecular flexibility index (Phi) is 5.17. The van der Waals surface area contributed by atoms with E-state index >= 15 is 0 Å². The van der Waals surface area contributed by atoms with Gasteiger partial charge in [-0.1, -0.05) is 60.7 Å². The van der Waals surface area contributed by atoms with Crippen LogP contribution in [0.3, 0.4) is 0 Å². The lowest BCUT2D eigenvalue weighted by Gasteiger charge is -2.10. The molecule has 0 amide bonds. The Hall–Kier alpha value is -4.17. The third kappa shape index (κ3) is 4.07. The number of hydrogen-bond acceptors (Lipinski definition) is 5. The van der Waals surface area contributed by atoms with Crippen molar-refractivity contribution < 1.29 is 4.74 Å². The van der Waals surface area contributed by atoms with Crippen molar-refractivity contribution in [1.29, 1.82) is 5.26 Å². The first-order valence-corrected chi connectivity index (χ1v) is 9.15. The smallest absolute Gasteiger partial charge is 0.162 e. The first-order chi connectivity index (χ1) is 14.2. The molecule has 0 fully saturated rings. The van der Waals surface area contributed by atoms with E-state index in [9.17, 15) is 5.26 Å². The predicted molar refractivity (Wildman–Crippen MR) is 113 cm³/mol. The van der Waals surface area contributed by atoms with Gasteiger partial charge in [0.1, 0.15) is 29.8 Å². The summed E-state index contributed by atoms with van der Waals surface area (Å²) in [4.78, 5) is 8.91. The van der Waals surface area contributed by atoms with Gasteiger partial charge in [0.25, 0.3) is 0 Å². The van der Waals surface area contributed by atoms with Crippen molar-refractivity contribution in [2.75, 3.05) is 5.73 Å². The molecule has 4 rings (SSSR count). The summed E-state index contributed by atoms with van der Waals surface area (Å²) >= 11 is 0. The number of hydrogen-bond donors (Lipinski definition) is 1. The highest BCUT2D eigenvalue weighted by Crippen LogP contribution is 2.29. The number of nitrogen functional groups attached to an aromatic ring is 1. The Morgan fingerprint density at radius 1 is 0.793 bits per heavy atom. The van der Waals surface area contributed by atoms with Gasteiger partial charge in [0.2, 0.25) is 0 Å². The number of nitriles is 1. The van der Waals surface area contributed by atoms with E-state index < -0.39 is 0 Å². The molecule has 0 spiro atoms. The molecule has 29 heavy (non-hydrogen) atoms. The Balaban J connectivity index is 1.63. The Morgan fingerprint density at radius 3 is 2.10 bits per heavy atom. The summed E-state index contributed by atoms with van der Waals surface area (Å²) in [6.07, 6.45) is 0. The van der Waals surface area contributed by atoms with Crippen LogP contribution in [0.2, 0.25) is 0 Å². The van der Waals surface area contributed by atoms with E-state index in [1.54, 1.807) is 0 Å². The van der Waals surface area contributed by atoms with Gasteiger partial charge in [-0.15, -0.1) is 0 Å². The van der Waals surface area contributed by atoms with E-state index in [1.165, 1.54) is 0 Å². The van der Waals surface area contributed by atoms with E-state index in [-0.39, 0.29) is 11.4 Å². The fourth-order valence-corrected chi connectivity index (χ4v) is 2.96. The van der Waals surface area contributed by atoms with E-state index in [0.29, 0.717) is 18.1 Å². The molecule has 0 saturated carbocycles. The average molecular weight is 378 g/mol. The summed E-state index contributed by atoms with van der Waals surface area (Å²) in [5.41, 5.74) is 9.54. The molecule has 5 nitrogen and oxygen atoms in total. The number of nitrogens with two attached hydrogens (primary N) is 1. The number of aromatic nitrogens is 2. The molecule has 4 aromatic rings. The zero-order chi connectivity index (χ0) is 20.1. The second-order valence-corrected chi connectivity index (χ2v) is 6.43. The Labute approximate surface area is 169 Å². The molecule has 0 aliphatic heterocycles. The molecule has 1 aromatic heterocycles. The van der Waals surface area contributed by atoms with E-state index in [4.69, 9.17) is 10.5 Å². The van der Waals surface area contributed by atoms with Crippen molar-refractivity contribution in [2.24, 2.45) is 0 Å². The van der Waals surface area contributed by atoms with Gasteiger partial charge in [0.05, 0.1) is 5.69 Å². The van der Waals surface area contributed by atoms with Crippen LogP contribution < -0.4 is 10.5 Å². The first kappa shape index (κ1) is 18.2. The van der Waals surface area contributed by atoms with Gasteiger partial charge in [-0.25, -0.2) is 9.97 Å². The number of rotatable bonds is 5. The Morgan fingerprint density at radius 2 is 1.45 bits per heavy atom. The number of ether oxygens (including phenoxy) is 1. The molecule has 0 bridgehead atoms. The van der Waals surface area contributed by atoms with E-state index in [1.807, 2.05) is 84.9 Å². The van der Waals surface area contributed by atoms with Crippen molar-refractivity contribution in [3.63, 3.8) is 0 Å². The van der Waals surface area contributed by atoms with Crippen molar-refractivity contribution in [2.45, 2.75) is 6.61 Å². The van der Waals surface area contributed by atoms with Crippen LogP contribution in [-0.2, 0) is 6.61 Å². The number of anilines is 1. The zero-order valence-electron chi connectivity index (χ0n) is 15.6. The maximum atomic E-state index is 9.55. The minimum atomic E-state index is 0.167. The summed E-state index contributed by atoms with van der Waals surface area (Å²) in [5, 5.41) is 9.55. The lowest BCUT2D eigenvalue weighted by molar-refractivity contribution is 0.306. The molecule has 2 N–H and O–H groups in total. The maximum Gasteiger partial charge on any atom is 0.162 e. The minimum absolute atomic E-state index is 0.167. The summed E-state index contributed by atoms with van der Waals surface area (Å²) in [5.74, 6) is 1.39. The number of nitrogens with zero attached hydrogens (tertiary/aromatic N) is 3. The molecule has 0 aliphatic carbocycles. The van der Waals surface area contributed by atoms with Gasteiger partial charge in [0, 0.05) is 11.1 Å². The topological polar surface area (TPSA) is 84.8 Å². The van der Waals surface area contributed by atoms with Gasteiger partial charge >= 0.3 is 0 Å². The highest BCUT2D eigenvalue weighted by Gasteiger charge is 2.15. The van der Waals surface area contributed by atoms with Crippen LogP contribution >= 0.6 is 0 Å². The molecule has 0 saturated heterocycles. The summed E-state index contributed by atoms with van der Waals surface area (Å²) in [6, 6.07) is 29.1. The number of benzene rings is 3. The fourth-order valence-electron chi connectivity index (χ4n) is 2.96. The summed E-state index contributed by atoms with van der Waals surface area (Å²) < 4.78 is 5.83. The highest BCUT2D eigenvalue weighted by molar-refractivity contribution is 5.75. The second-order valence-electron chi connectivity index (χ2n) is 6.43. The standard InChI is InChI=1S/C24H18N4O/c25-15-21-22(27-24(28-23(21)26)19-9-5-2-6-10-19)18-11-13-20(14-12-18)29-16-17-7-3-1-4-8-17/h1-14H,16H2,(H2,26,27,28). The molecule has 3 aromatic carbocycles. The van der Waals surface area contributed by atoms with Crippen LogP contribution in [0, 0.1) is 11.3 Å². The zero-order valence-corrected chi connectivity index (χ0v) is 15.6. The molecule has 0 radical (unpaired) electrons. The minimum Gasteiger partial charge on any atom is -0.489 e. The molecule has 1 heterocycles. The van der Waals surface area contributed by atoms with Crippen LogP contribution in [0.5, 0.6) is 5.75 Å². The quantitative estimate of drug-likeness (QED) is 0.537. The van der Waals surface area contributed by atoms with E-state index in [0.717, 1.165) is 22.4 Å². The Bertz CT molecular complexity index is 1150. The van der Waals surface area contributed by atoms with Crippen molar-refractivity contribution in [1.82, 2.24) is 9.97 Å². The highest BCUT2D eigenvalue weighted by atomic mass is 16.5. The molecular formula is C24H18N4O. The normalized spacial score (nSPS) is 10.3. The summed E-state index contributed by atoms with van der Waals surface area (Å²) in [6.45, 7) is 0.488. The molecule has 0 unspecified atom stereocenters. The maximum absolute atomic E-state index is 9.55. The molecule has 5 heteroatoms. The fraction of sp³-hybridized carbons (Fsp3) is 0.0417.